The molecule has 25 heavy (non-hydrogen) atoms. The molecule has 0 amide bonds. The number of benzene rings is 1. The maximum atomic E-state index is 11.6. The number of nitrogens with zero attached hydrogens (tertiary/aromatic N) is 3. The lowest BCUT2D eigenvalue weighted by atomic mass is 10.1. The van der Waals surface area contributed by atoms with E-state index < -0.39 is 22.0 Å². The summed E-state index contributed by atoms with van der Waals surface area (Å²) in [6.07, 6.45) is 3.15. The van der Waals surface area contributed by atoms with Crippen LogP contribution in [0.25, 0.3) is 12.2 Å². The zero-order valence-electron chi connectivity index (χ0n) is 13.2. The van der Waals surface area contributed by atoms with E-state index in [1.807, 2.05) is 24.3 Å². The lowest BCUT2D eigenvalue weighted by molar-refractivity contribution is -0.387. The van der Waals surface area contributed by atoms with Crippen molar-refractivity contribution in [2.45, 2.75) is 0 Å². The first-order valence-corrected chi connectivity index (χ1v) is 7.63. The van der Waals surface area contributed by atoms with Crippen LogP contribution < -0.4 is 10.5 Å². The minimum Gasteiger partial charge on any atom is -0.488 e. The Bertz CT molecular complexity index is 854. The van der Waals surface area contributed by atoms with E-state index >= 15 is 0 Å². The summed E-state index contributed by atoms with van der Waals surface area (Å²) in [7, 11) is 0. The number of morpholine rings is 1. The number of aromatic hydroxyl groups is 1. The van der Waals surface area contributed by atoms with Crippen LogP contribution in [0.3, 0.4) is 0 Å². The third kappa shape index (κ3) is 3.83. The Hall–Kier alpha value is -3.20. The zero-order chi connectivity index (χ0) is 17.8. The van der Waals surface area contributed by atoms with E-state index in [9.17, 15) is 20.0 Å². The molecule has 0 unspecified atom stereocenters. The summed E-state index contributed by atoms with van der Waals surface area (Å²) in [5.41, 5.74) is -0.00991. The monoisotopic (exact) mass is 344 g/mol. The molecule has 2 heterocycles. The minimum absolute atomic E-state index is 0.0327. The molecule has 1 saturated heterocycles. The first-order valence-electron chi connectivity index (χ1n) is 7.63. The minimum atomic E-state index is -1.00. The Morgan fingerprint density at radius 2 is 1.92 bits per heavy atom. The van der Waals surface area contributed by atoms with Crippen molar-refractivity contribution < 1.29 is 14.8 Å². The van der Waals surface area contributed by atoms with Crippen LogP contribution in [0.1, 0.15) is 11.4 Å². The fourth-order valence-corrected chi connectivity index (χ4v) is 2.51. The SMILES string of the molecule is O=c1[nH]c(/C=C\c2ccc(N3CCOCC3)cc2)nc(O)c1[N+](=O)[O-]. The summed E-state index contributed by atoms with van der Waals surface area (Å²) in [6, 6.07) is 7.78. The molecular formula is C16H16N4O5. The van der Waals surface area contributed by atoms with Gasteiger partial charge in [-0.15, -0.1) is 0 Å². The van der Waals surface area contributed by atoms with Gasteiger partial charge in [-0.25, -0.2) is 0 Å². The van der Waals surface area contributed by atoms with E-state index in [1.165, 1.54) is 6.08 Å². The van der Waals surface area contributed by atoms with Gasteiger partial charge in [0.25, 0.3) is 5.88 Å². The smallest absolute Gasteiger partial charge is 0.395 e. The number of H-pyrrole nitrogens is 1. The van der Waals surface area contributed by atoms with Crippen LogP contribution in [0.15, 0.2) is 29.1 Å². The first kappa shape index (κ1) is 16.7. The number of anilines is 1. The van der Waals surface area contributed by atoms with Crippen LogP contribution in [0.2, 0.25) is 0 Å². The van der Waals surface area contributed by atoms with Gasteiger partial charge in [0.1, 0.15) is 5.82 Å². The summed E-state index contributed by atoms with van der Waals surface area (Å²) in [6.45, 7) is 3.12. The van der Waals surface area contributed by atoms with Crippen LogP contribution >= 0.6 is 0 Å². The van der Waals surface area contributed by atoms with E-state index in [1.54, 1.807) is 6.08 Å². The Morgan fingerprint density at radius 3 is 2.52 bits per heavy atom. The largest absolute Gasteiger partial charge is 0.488 e. The standard InChI is InChI=1S/C16H16N4O5/c21-15-14(20(23)24)16(22)18-13(17-15)6-3-11-1-4-12(5-2-11)19-7-9-25-10-8-19/h1-6H,7-10H2,(H2,17,18,21,22)/b6-3-. The van der Waals surface area contributed by atoms with Gasteiger partial charge in [0.05, 0.1) is 18.1 Å². The highest BCUT2D eigenvalue weighted by Crippen LogP contribution is 2.19. The fraction of sp³-hybridized carbons (Fsp3) is 0.250. The van der Waals surface area contributed by atoms with Crippen LogP contribution in [-0.2, 0) is 4.74 Å². The Morgan fingerprint density at radius 1 is 1.24 bits per heavy atom. The van der Waals surface area contributed by atoms with Crippen molar-refractivity contribution in [3.05, 3.63) is 56.1 Å². The summed E-state index contributed by atoms with van der Waals surface area (Å²) in [5.74, 6) is -0.874. The number of hydrogen-bond acceptors (Lipinski definition) is 7. The molecule has 1 aromatic carbocycles. The van der Waals surface area contributed by atoms with Gasteiger partial charge < -0.3 is 19.7 Å². The molecule has 1 aromatic heterocycles. The zero-order valence-corrected chi connectivity index (χ0v) is 13.2. The molecule has 0 spiro atoms. The summed E-state index contributed by atoms with van der Waals surface area (Å²) in [5, 5.41) is 20.1. The highest BCUT2D eigenvalue weighted by Gasteiger charge is 2.21. The Balaban J connectivity index is 1.76. The van der Waals surface area contributed by atoms with Gasteiger partial charge in [-0.05, 0) is 23.8 Å². The molecule has 2 aromatic rings. The Labute approximate surface area is 142 Å². The average molecular weight is 344 g/mol. The van der Waals surface area contributed by atoms with Crippen LogP contribution in [0.4, 0.5) is 11.4 Å². The van der Waals surface area contributed by atoms with E-state index in [4.69, 9.17) is 4.74 Å². The Kier molecular flexibility index (Phi) is 4.75. The molecule has 130 valence electrons. The first-order chi connectivity index (χ1) is 12.0. The van der Waals surface area contributed by atoms with Crippen molar-refractivity contribution in [1.82, 2.24) is 9.97 Å². The van der Waals surface area contributed by atoms with Crippen molar-refractivity contribution in [2.75, 3.05) is 31.2 Å². The molecule has 1 fully saturated rings. The number of nitro groups is 1. The normalized spacial score (nSPS) is 14.8. The highest BCUT2D eigenvalue weighted by atomic mass is 16.6. The molecule has 0 saturated carbocycles. The lowest BCUT2D eigenvalue weighted by Gasteiger charge is -2.28. The fourth-order valence-electron chi connectivity index (χ4n) is 2.51. The molecule has 2 N–H and O–H groups in total. The van der Waals surface area contributed by atoms with Gasteiger partial charge >= 0.3 is 11.2 Å². The van der Waals surface area contributed by atoms with Crippen LogP contribution in [0.5, 0.6) is 5.88 Å². The predicted molar refractivity (Wildman–Crippen MR) is 91.6 cm³/mol. The van der Waals surface area contributed by atoms with E-state index in [0.717, 1.165) is 24.3 Å². The van der Waals surface area contributed by atoms with Crippen molar-refractivity contribution in [3.63, 3.8) is 0 Å². The molecule has 3 rings (SSSR count). The molecular weight excluding hydrogens is 328 g/mol. The van der Waals surface area contributed by atoms with Crippen molar-refractivity contribution in [3.8, 4) is 5.88 Å². The average Bonchev–Trinajstić information content (AvgIpc) is 2.60. The predicted octanol–water partition coefficient (Wildman–Crippen LogP) is 1.39. The van der Waals surface area contributed by atoms with Gasteiger partial charge in [0.2, 0.25) is 0 Å². The molecule has 1 aliphatic heterocycles. The van der Waals surface area contributed by atoms with Gasteiger partial charge in [0.15, 0.2) is 0 Å². The summed E-state index contributed by atoms with van der Waals surface area (Å²) >= 11 is 0. The highest BCUT2D eigenvalue weighted by molar-refractivity contribution is 5.68. The van der Waals surface area contributed by atoms with Crippen LogP contribution in [-0.4, -0.2) is 46.3 Å². The molecule has 9 nitrogen and oxygen atoms in total. The van der Waals surface area contributed by atoms with Gasteiger partial charge in [-0.3, -0.25) is 14.9 Å². The molecule has 9 heteroatoms. The second-order valence-corrected chi connectivity index (χ2v) is 5.40. The number of nitrogens with one attached hydrogen (secondary N) is 1. The lowest BCUT2D eigenvalue weighted by Crippen LogP contribution is -2.36. The molecule has 0 atom stereocenters. The van der Waals surface area contributed by atoms with Gasteiger partial charge in [-0.1, -0.05) is 18.2 Å². The van der Waals surface area contributed by atoms with E-state index in [0.29, 0.717) is 13.2 Å². The van der Waals surface area contributed by atoms with E-state index in [2.05, 4.69) is 14.9 Å². The molecule has 0 aliphatic carbocycles. The van der Waals surface area contributed by atoms with Crippen LogP contribution in [0, 0.1) is 10.1 Å². The van der Waals surface area contributed by atoms with E-state index in [-0.39, 0.29) is 5.82 Å². The van der Waals surface area contributed by atoms with Gasteiger partial charge in [-0.2, -0.15) is 4.98 Å². The number of hydrogen-bond donors (Lipinski definition) is 2. The second-order valence-electron chi connectivity index (χ2n) is 5.40. The van der Waals surface area contributed by atoms with Gasteiger partial charge in [0, 0.05) is 18.8 Å². The van der Waals surface area contributed by atoms with Crippen molar-refractivity contribution in [1.29, 1.82) is 0 Å². The number of aromatic nitrogens is 2. The maximum absolute atomic E-state index is 11.6. The number of rotatable bonds is 4. The maximum Gasteiger partial charge on any atom is 0.395 e. The molecule has 0 bridgehead atoms. The van der Waals surface area contributed by atoms with Crippen molar-refractivity contribution in [2.24, 2.45) is 0 Å². The molecule has 1 aliphatic rings. The number of aromatic amines is 1. The third-order valence-electron chi connectivity index (χ3n) is 3.78. The summed E-state index contributed by atoms with van der Waals surface area (Å²) < 4.78 is 5.32. The molecule has 0 radical (unpaired) electrons. The summed E-state index contributed by atoms with van der Waals surface area (Å²) in [4.78, 5) is 29.4. The van der Waals surface area contributed by atoms with Crippen molar-refractivity contribution >= 4 is 23.5 Å². The quantitative estimate of drug-likeness (QED) is 0.635. The third-order valence-corrected chi connectivity index (χ3v) is 3.78. The topological polar surface area (TPSA) is 122 Å². The number of ether oxygens (including phenoxy) is 1. The second kappa shape index (κ2) is 7.14.